The van der Waals surface area contributed by atoms with Crippen LogP contribution in [0.3, 0.4) is 0 Å². The van der Waals surface area contributed by atoms with Crippen LogP contribution in [-0.2, 0) is 13.1 Å². The molecule has 3 aromatic rings. The molecular weight excluding hydrogens is 314 g/mol. The fourth-order valence-electron chi connectivity index (χ4n) is 2.56. The molecule has 1 amide bonds. The molecule has 0 aliphatic carbocycles. The van der Waals surface area contributed by atoms with Crippen LogP contribution in [-0.4, -0.2) is 25.7 Å². The van der Waals surface area contributed by atoms with Gasteiger partial charge >= 0.3 is 0 Å². The average Bonchev–Trinajstić information content (AvgIpc) is 3.08. The summed E-state index contributed by atoms with van der Waals surface area (Å²) >= 11 is 0. The molecule has 6 heteroatoms. The van der Waals surface area contributed by atoms with E-state index in [4.69, 9.17) is 0 Å². The highest BCUT2D eigenvalue weighted by Gasteiger charge is 2.20. The highest BCUT2D eigenvalue weighted by molar-refractivity contribution is 6.05. The summed E-state index contributed by atoms with van der Waals surface area (Å²) in [6.45, 7) is 5.41. The van der Waals surface area contributed by atoms with E-state index in [1.165, 1.54) is 0 Å². The lowest BCUT2D eigenvalue weighted by atomic mass is 10.2. The monoisotopic (exact) mass is 335 g/mol. The number of hydrogen-bond acceptors (Lipinski definition) is 4. The van der Waals surface area contributed by atoms with Crippen LogP contribution in [0.25, 0.3) is 0 Å². The topological polar surface area (TPSA) is 63.9 Å². The van der Waals surface area contributed by atoms with E-state index in [-0.39, 0.29) is 5.91 Å². The van der Waals surface area contributed by atoms with Crippen molar-refractivity contribution >= 4 is 11.6 Å². The van der Waals surface area contributed by atoms with Crippen molar-refractivity contribution in [3.8, 4) is 0 Å². The van der Waals surface area contributed by atoms with Crippen LogP contribution in [0.4, 0.5) is 5.69 Å². The number of carbonyl (C=O) groups excluding carboxylic acids is 1. The number of aromatic nitrogens is 4. The third-order valence-corrected chi connectivity index (χ3v) is 3.70. The fraction of sp³-hybridized carbons (Fsp3) is 0.263. The fourth-order valence-corrected chi connectivity index (χ4v) is 2.56. The smallest absolute Gasteiger partial charge is 0.261 e. The van der Waals surface area contributed by atoms with Gasteiger partial charge in [0.25, 0.3) is 5.91 Å². The van der Waals surface area contributed by atoms with Crippen LogP contribution in [0.2, 0.25) is 0 Å². The molecule has 0 aliphatic heterocycles. The molecule has 3 heterocycles. The van der Waals surface area contributed by atoms with Crippen molar-refractivity contribution in [2.75, 3.05) is 4.90 Å². The molecule has 3 rings (SSSR count). The highest BCUT2D eigenvalue weighted by Crippen LogP contribution is 2.19. The average molecular weight is 335 g/mol. The number of hydrogen-bond donors (Lipinski definition) is 0. The minimum Gasteiger partial charge on any atom is -0.302 e. The summed E-state index contributed by atoms with van der Waals surface area (Å²) < 4.78 is 1.81. The molecule has 0 bridgehead atoms. The molecule has 0 unspecified atom stereocenters. The Hall–Kier alpha value is -3.02. The van der Waals surface area contributed by atoms with Crippen molar-refractivity contribution < 1.29 is 4.79 Å². The van der Waals surface area contributed by atoms with Crippen LogP contribution in [0.15, 0.2) is 61.3 Å². The van der Waals surface area contributed by atoms with E-state index in [2.05, 4.69) is 28.9 Å². The van der Waals surface area contributed by atoms with Gasteiger partial charge in [0.1, 0.15) is 0 Å². The predicted octanol–water partition coefficient (Wildman–Crippen LogP) is 3.18. The van der Waals surface area contributed by atoms with Crippen molar-refractivity contribution in [1.29, 1.82) is 0 Å². The molecule has 3 aromatic heterocycles. The first-order chi connectivity index (χ1) is 12.1. The van der Waals surface area contributed by atoms with E-state index in [1.807, 2.05) is 35.0 Å². The van der Waals surface area contributed by atoms with Crippen molar-refractivity contribution in [1.82, 2.24) is 19.7 Å². The Kier molecular flexibility index (Phi) is 5.18. The van der Waals surface area contributed by atoms with Crippen molar-refractivity contribution in [3.63, 3.8) is 0 Å². The van der Waals surface area contributed by atoms with Gasteiger partial charge in [0.05, 0.1) is 24.0 Å². The Labute approximate surface area is 147 Å². The molecule has 0 N–H and O–H groups in total. The molecule has 0 spiro atoms. The van der Waals surface area contributed by atoms with Gasteiger partial charge in [0.15, 0.2) is 0 Å². The molecule has 6 nitrogen and oxygen atoms in total. The quantitative estimate of drug-likeness (QED) is 0.694. The number of anilines is 1. The Morgan fingerprint density at radius 2 is 1.96 bits per heavy atom. The summed E-state index contributed by atoms with van der Waals surface area (Å²) in [4.78, 5) is 23.1. The zero-order valence-corrected chi connectivity index (χ0v) is 14.4. The maximum absolute atomic E-state index is 13.1. The van der Waals surface area contributed by atoms with Gasteiger partial charge in [-0.3, -0.25) is 19.4 Å². The molecule has 0 saturated heterocycles. The summed E-state index contributed by atoms with van der Waals surface area (Å²) in [5.74, 6) is 0.361. The third-order valence-electron chi connectivity index (χ3n) is 3.70. The molecule has 25 heavy (non-hydrogen) atoms. The number of pyridine rings is 2. The molecule has 0 atom stereocenters. The van der Waals surface area contributed by atoms with E-state index in [1.54, 1.807) is 35.9 Å². The second-order valence-electron chi connectivity index (χ2n) is 6.26. The van der Waals surface area contributed by atoms with E-state index in [0.717, 1.165) is 17.9 Å². The zero-order valence-electron chi connectivity index (χ0n) is 14.4. The molecule has 0 aliphatic rings. The summed E-state index contributed by atoms with van der Waals surface area (Å²) in [6, 6.07) is 9.32. The summed E-state index contributed by atoms with van der Waals surface area (Å²) in [7, 11) is 0. The van der Waals surface area contributed by atoms with Crippen molar-refractivity contribution in [2.24, 2.45) is 5.92 Å². The summed E-state index contributed by atoms with van der Waals surface area (Å²) in [5, 5.41) is 4.30. The predicted molar refractivity (Wildman–Crippen MR) is 96.1 cm³/mol. The van der Waals surface area contributed by atoms with Gasteiger partial charge < -0.3 is 4.90 Å². The van der Waals surface area contributed by atoms with Crippen LogP contribution in [0.1, 0.15) is 29.9 Å². The molecule has 0 aromatic carbocycles. The number of carbonyl (C=O) groups is 1. The van der Waals surface area contributed by atoms with Gasteiger partial charge in [-0.05, 0) is 30.2 Å². The minimum atomic E-state index is -0.105. The van der Waals surface area contributed by atoms with E-state index < -0.39 is 0 Å². The lowest BCUT2D eigenvalue weighted by molar-refractivity contribution is 0.0984. The number of rotatable bonds is 6. The second-order valence-corrected chi connectivity index (χ2v) is 6.26. The Morgan fingerprint density at radius 1 is 1.16 bits per heavy atom. The minimum absolute atomic E-state index is 0.105. The van der Waals surface area contributed by atoms with Gasteiger partial charge in [-0.25, -0.2) is 0 Å². The van der Waals surface area contributed by atoms with Crippen LogP contribution in [0, 0.1) is 5.92 Å². The summed E-state index contributed by atoms with van der Waals surface area (Å²) in [5.41, 5.74) is 2.16. The Morgan fingerprint density at radius 3 is 2.64 bits per heavy atom. The molecule has 0 radical (unpaired) electrons. The van der Waals surface area contributed by atoms with Gasteiger partial charge in [-0.2, -0.15) is 5.10 Å². The van der Waals surface area contributed by atoms with Crippen LogP contribution in [0.5, 0.6) is 0 Å². The first-order valence-electron chi connectivity index (χ1n) is 8.27. The van der Waals surface area contributed by atoms with E-state index in [9.17, 15) is 4.79 Å². The van der Waals surface area contributed by atoms with Crippen molar-refractivity contribution in [3.05, 3.63) is 72.6 Å². The van der Waals surface area contributed by atoms with Crippen LogP contribution >= 0.6 is 0 Å². The van der Waals surface area contributed by atoms with E-state index in [0.29, 0.717) is 18.0 Å². The molecular formula is C19H21N5O. The lowest BCUT2D eigenvalue weighted by Crippen LogP contribution is -2.30. The molecule has 0 fully saturated rings. The molecule has 0 saturated carbocycles. The first kappa shape index (κ1) is 16.8. The SMILES string of the molecule is CC(C)Cn1cc(C(=O)N(Cc2ccccn2)c2ccncc2)cn1. The largest absolute Gasteiger partial charge is 0.302 e. The summed E-state index contributed by atoms with van der Waals surface area (Å²) in [6.07, 6.45) is 8.50. The third kappa shape index (κ3) is 4.29. The number of amides is 1. The van der Waals surface area contributed by atoms with Gasteiger partial charge in [-0.1, -0.05) is 19.9 Å². The first-order valence-corrected chi connectivity index (χ1v) is 8.27. The normalized spacial score (nSPS) is 10.8. The standard InChI is InChI=1S/C19H21N5O/c1-15(2)12-23-13-16(11-22-23)19(25)24(18-6-9-20-10-7-18)14-17-5-3-4-8-21-17/h3-11,13,15H,12,14H2,1-2H3. The second kappa shape index (κ2) is 7.70. The highest BCUT2D eigenvalue weighted by atomic mass is 16.2. The van der Waals surface area contributed by atoms with Gasteiger partial charge in [0.2, 0.25) is 0 Å². The lowest BCUT2D eigenvalue weighted by Gasteiger charge is -2.21. The zero-order chi connectivity index (χ0) is 17.6. The van der Waals surface area contributed by atoms with Gasteiger partial charge in [-0.15, -0.1) is 0 Å². The maximum Gasteiger partial charge on any atom is 0.261 e. The van der Waals surface area contributed by atoms with Crippen LogP contribution < -0.4 is 4.90 Å². The Balaban J connectivity index is 1.88. The van der Waals surface area contributed by atoms with Crippen molar-refractivity contribution in [2.45, 2.75) is 26.9 Å². The van der Waals surface area contributed by atoms with Gasteiger partial charge in [0, 0.05) is 37.0 Å². The van der Waals surface area contributed by atoms with E-state index >= 15 is 0 Å². The number of nitrogens with zero attached hydrogens (tertiary/aromatic N) is 5. The molecule has 128 valence electrons. The maximum atomic E-state index is 13.1. The Bertz CT molecular complexity index is 814.